The van der Waals surface area contributed by atoms with Crippen LogP contribution in [0.3, 0.4) is 0 Å². The summed E-state index contributed by atoms with van der Waals surface area (Å²) in [5.41, 5.74) is 20.5. The monoisotopic (exact) mass is 719 g/mol. The highest BCUT2D eigenvalue weighted by Crippen LogP contribution is 2.56. The van der Waals surface area contributed by atoms with E-state index in [-0.39, 0.29) is 10.8 Å². The minimum atomic E-state index is -0.132. The Bertz CT molecular complexity index is 3050. The molecule has 2 aliphatic rings. The summed E-state index contributed by atoms with van der Waals surface area (Å²) < 4.78 is 6.35. The van der Waals surface area contributed by atoms with Crippen molar-refractivity contribution in [3.05, 3.63) is 198 Å². The molecule has 2 aliphatic carbocycles. The predicted octanol–water partition coefficient (Wildman–Crippen LogP) is 15.0. The number of fused-ring (bicyclic) bond motifs is 9. The average Bonchev–Trinajstić information content (AvgIpc) is 3.81. The van der Waals surface area contributed by atoms with Gasteiger partial charge >= 0.3 is 0 Å². The lowest BCUT2D eigenvalue weighted by molar-refractivity contribution is 0.660. The normalized spacial score (nSPS) is 14.4. The highest BCUT2D eigenvalue weighted by molar-refractivity contribution is 6.12. The van der Waals surface area contributed by atoms with Crippen molar-refractivity contribution in [1.29, 1.82) is 0 Å². The minimum Gasteiger partial charge on any atom is -0.456 e. The van der Waals surface area contributed by atoms with Gasteiger partial charge in [0.1, 0.15) is 11.2 Å². The summed E-state index contributed by atoms with van der Waals surface area (Å²) in [4.78, 5) is 2.51. The topological polar surface area (TPSA) is 16.4 Å². The molecule has 1 aromatic heterocycles. The zero-order chi connectivity index (χ0) is 37.8. The van der Waals surface area contributed by atoms with E-state index in [2.05, 4.69) is 202 Å². The summed E-state index contributed by atoms with van der Waals surface area (Å²) in [7, 11) is 0. The van der Waals surface area contributed by atoms with E-state index in [4.69, 9.17) is 4.42 Å². The van der Waals surface area contributed by atoms with Gasteiger partial charge in [-0.2, -0.15) is 0 Å². The number of hydrogen-bond donors (Lipinski definition) is 0. The molecule has 0 fully saturated rings. The van der Waals surface area contributed by atoms with Gasteiger partial charge in [-0.25, -0.2) is 0 Å². The van der Waals surface area contributed by atoms with Crippen molar-refractivity contribution in [3.8, 4) is 44.5 Å². The van der Waals surface area contributed by atoms with Crippen molar-refractivity contribution in [2.45, 2.75) is 38.5 Å². The van der Waals surface area contributed by atoms with Crippen molar-refractivity contribution in [3.63, 3.8) is 0 Å². The average molecular weight is 720 g/mol. The van der Waals surface area contributed by atoms with Gasteiger partial charge in [0, 0.05) is 38.4 Å². The molecule has 0 unspecified atom stereocenters. The lowest BCUT2D eigenvalue weighted by atomic mass is 9.82. The number of hydrogen-bond acceptors (Lipinski definition) is 2. The van der Waals surface area contributed by atoms with Crippen LogP contribution in [0.25, 0.3) is 66.4 Å². The Kier molecular flexibility index (Phi) is 6.98. The molecule has 0 amide bonds. The predicted molar refractivity (Wildman–Crippen MR) is 234 cm³/mol. The van der Waals surface area contributed by atoms with Gasteiger partial charge in [-0.15, -0.1) is 0 Å². The first kappa shape index (κ1) is 32.8. The van der Waals surface area contributed by atoms with Crippen LogP contribution >= 0.6 is 0 Å². The number of nitrogens with zero attached hydrogens (tertiary/aromatic N) is 1. The fourth-order valence-electron chi connectivity index (χ4n) is 9.96. The lowest BCUT2D eigenvalue weighted by Crippen LogP contribution is -2.16. The number of furan rings is 1. The van der Waals surface area contributed by atoms with Crippen LogP contribution in [0.4, 0.5) is 17.1 Å². The summed E-state index contributed by atoms with van der Waals surface area (Å²) in [6.07, 6.45) is 0. The van der Waals surface area contributed by atoms with E-state index in [1.54, 1.807) is 0 Å². The maximum absolute atomic E-state index is 6.35. The van der Waals surface area contributed by atoms with Gasteiger partial charge in [-0.05, 0) is 98.1 Å². The van der Waals surface area contributed by atoms with Crippen LogP contribution in [0.5, 0.6) is 0 Å². The minimum absolute atomic E-state index is 0.0512. The van der Waals surface area contributed by atoms with Gasteiger partial charge in [-0.3, -0.25) is 0 Å². The summed E-state index contributed by atoms with van der Waals surface area (Å²) in [6, 6.07) is 64.7. The van der Waals surface area contributed by atoms with E-state index in [9.17, 15) is 0 Å². The smallest absolute Gasteiger partial charge is 0.136 e. The van der Waals surface area contributed by atoms with Crippen molar-refractivity contribution in [2.75, 3.05) is 4.90 Å². The second kappa shape index (κ2) is 11.9. The van der Waals surface area contributed by atoms with Crippen molar-refractivity contribution in [1.82, 2.24) is 0 Å². The Balaban J connectivity index is 1.16. The van der Waals surface area contributed by atoms with Crippen molar-refractivity contribution >= 4 is 39.0 Å². The maximum atomic E-state index is 6.35. The molecule has 8 aromatic carbocycles. The third kappa shape index (κ3) is 4.62. The van der Waals surface area contributed by atoms with Crippen molar-refractivity contribution in [2.24, 2.45) is 0 Å². The van der Waals surface area contributed by atoms with Crippen LogP contribution in [0.15, 0.2) is 180 Å². The first-order valence-corrected chi connectivity index (χ1v) is 19.7. The molecule has 0 bridgehead atoms. The van der Waals surface area contributed by atoms with E-state index < -0.39 is 0 Å². The molecule has 0 spiro atoms. The number of para-hydroxylation sites is 2. The molecular weight excluding hydrogens is 679 g/mol. The maximum Gasteiger partial charge on any atom is 0.136 e. The molecular formula is C54H41NO. The van der Waals surface area contributed by atoms with Crippen LogP contribution < -0.4 is 4.90 Å². The van der Waals surface area contributed by atoms with Gasteiger partial charge in [0.15, 0.2) is 0 Å². The zero-order valence-electron chi connectivity index (χ0n) is 32.1. The van der Waals surface area contributed by atoms with Gasteiger partial charge in [0.25, 0.3) is 0 Å². The van der Waals surface area contributed by atoms with E-state index in [0.29, 0.717) is 0 Å². The Morgan fingerprint density at radius 3 is 1.82 bits per heavy atom. The summed E-state index contributed by atoms with van der Waals surface area (Å²) in [5, 5.41) is 2.27. The second-order valence-electron chi connectivity index (χ2n) is 16.5. The molecule has 0 atom stereocenters. The molecule has 0 saturated carbocycles. The molecule has 56 heavy (non-hydrogen) atoms. The van der Waals surface area contributed by atoms with E-state index in [1.807, 2.05) is 6.07 Å². The fourth-order valence-corrected chi connectivity index (χ4v) is 9.96. The van der Waals surface area contributed by atoms with E-state index >= 15 is 0 Å². The Morgan fingerprint density at radius 1 is 0.393 bits per heavy atom. The third-order valence-corrected chi connectivity index (χ3v) is 12.7. The first-order chi connectivity index (χ1) is 27.3. The summed E-state index contributed by atoms with van der Waals surface area (Å²) in [6.45, 7) is 9.42. The molecule has 0 radical (unpaired) electrons. The zero-order valence-corrected chi connectivity index (χ0v) is 32.1. The van der Waals surface area contributed by atoms with Crippen LogP contribution in [0, 0.1) is 0 Å². The molecule has 0 aliphatic heterocycles. The van der Waals surface area contributed by atoms with Gasteiger partial charge in [-0.1, -0.05) is 161 Å². The largest absolute Gasteiger partial charge is 0.456 e. The van der Waals surface area contributed by atoms with Crippen molar-refractivity contribution < 1.29 is 4.42 Å². The van der Waals surface area contributed by atoms with Gasteiger partial charge in [0.2, 0.25) is 0 Å². The number of benzene rings is 8. The molecule has 2 nitrogen and oxygen atoms in total. The Morgan fingerprint density at radius 2 is 0.964 bits per heavy atom. The second-order valence-corrected chi connectivity index (χ2v) is 16.5. The lowest BCUT2D eigenvalue weighted by Gasteiger charge is -2.31. The standard InChI is InChI=1S/C54H41NO/c1-53(2)43-23-9-5-19-39(43)42-33-35(30-31-45(42)53)37-18-7-11-26-47(37)55(48-27-15-25-46-52(48)40-20-6-10-24-44(40)54(46,3)4)36-17-13-16-34(32-36)38-22-14-29-50-51(38)41-21-8-12-28-49(41)56-50/h5-33H,1-4H3. The molecule has 11 rings (SSSR count). The number of rotatable bonds is 5. The highest BCUT2D eigenvalue weighted by Gasteiger charge is 2.38. The molecule has 9 aromatic rings. The molecule has 1 heterocycles. The quantitative estimate of drug-likeness (QED) is 0.176. The van der Waals surface area contributed by atoms with E-state index in [0.717, 1.165) is 44.4 Å². The van der Waals surface area contributed by atoms with Gasteiger partial charge < -0.3 is 9.32 Å². The van der Waals surface area contributed by atoms with Crippen LogP contribution in [-0.2, 0) is 10.8 Å². The van der Waals surface area contributed by atoms with Crippen LogP contribution in [0.2, 0.25) is 0 Å². The fraction of sp³-hybridized carbons (Fsp3) is 0.111. The Labute approximate surface area is 328 Å². The Hall–Kier alpha value is -6.64. The third-order valence-electron chi connectivity index (χ3n) is 12.7. The summed E-state index contributed by atoms with van der Waals surface area (Å²) in [5.74, 6) is 0. The number of anilines is 3. The summed E-state index contributed by atoms with van der Waals surface area (Å²) >= 11 is 0. The molecule has 268 valence electrons. The van der Waals surface area contributed by atoms with Crippen LogP contribution in [-0.4, -0.2) is 0 Å². The first-order valence-electron chi connectivity index (χ1n) is 19.7. The molecule has 2 heteroatoms. The van der Waals surface area contributed by atoms with E-state index in [1.165, 1.54) is 61.3 Å². The SMILES string of the molecule is CC1(C)c2ccccc2-c2cc(-c3ccccc3N(c3cccc(-c4cccc5oc6ccccc6c45)c3)c3cccc4c3-c3ccccc3C4(C)C)ccc21. The molecule has 0 saturated heterocycles. The van der Waals surface area contributed by atoms with Gasteiger partial charge in [0.05, 0.1) is 11.4 Å². The van der Waals surface area contributed by atoms with Crippen LogP contribution in [0.1, 0.15) is 49.9 Å². The highest BCUT2D eigenvalue weighted by atomic mass is 16.3. The molecule has 0 N–H and O–H groups in total.